The zero-order chi connectivity index (χ0) is 26.0. The Bertz CT molecular complexity index is 858. The molecule has 0 radical (unpaired) electrons. The first kappa shape index (κ1) is 27.0. The normalized spacial score (nSPS) is 37.1. The highest BCUT2D eigenvalue weighted by Crippen LogP contribution is 2.65. The molecule has 1 nitrogen and oxygen atoms in total. The van der Waals surface area contributed by atoms with E-state index in [0.717, 1.165) is 31.3 Å². The van der Waals surface area contributed by atoms with E-state index in [1.54, 1.807) is 6.92 Å². The van der Waals surface area contributed by atoms with E-state index in [0.29, 0.717) is 11.8 Å². The molecule has 0 aliphatic heterocycles. The molecule has 0 amide bonds. The first-order valence-corrected chi connectivity index (χ1v) is 13.2. The van der Waals surface area contributed by atoms with E-state index in [9.17, 15) is 35.5 Å². The third kappa shape index (κ3) is 4.17. The van der Waals surface area contributed by atoms with Gasteiger partial charge in [0.2, 0.25) is 0 Å². The predicted molar refractivity (Wildman–Crippen MR) is 119 cm³/mol. The van der Waals surface area contributed by atoms with Gasteiger partial charge in [0.05, 0.1) is 0 Å². The van der Waals surface area contributed by atoms with Gasteiger partial charge in [-0.1, -0.05) is 45.6 Å². The highest BCUT2D eigenvalue weighted by atomic mass is 19.4. The van der Waals surface area contributed by atoms with Crippen LogP contribution in [0, 0.1) is 34.5 Å². The van der Waals surface area contributed by atoms with Gasteiger partial charge < -0.3 is 0 Å². The Morgan fingerprint density at radius 2 is 1.60 bits per heavy atom. The lowest BCUT2D eigenvalue weighted by Gasteiger charge is -2.55. The van der Waals surface area contributed by atoms with Crippen molar-refractivity contribution in [1.82, 2.24) is 0 Å². The average Bonchev–Trinajstić information content (AvgIpc) is 3.02. The second-order valence-electron chi connectivity index (χ2n) is 12.3. The SMILES string of the molecule is C[C@H](CCCC(F)(C(F)(F)F)C(F)(F)F)[C@H]1CC(=O)C2=C3CC[C@H]4CCCC[C@]4(C)[C@H]3CC[C@@]21C. The lowest BCUT2D eigenvalue weighted by Crippen LogP contribution is -2.53. The standard InChI is InChI=1S/C27H37F7O/c1-16(7-6-13-25(28,26(29,30)31)27(32,33)34)20-15-21(35)22-18-10-9-17-8-4-5-12-23(17,2)19(18)11-14-24(20,22)3/h16-17,19-20H,4-15H2,1-3H3/t16-,17-,19+,20-,23+,24-/m1/s1. The van der Waals surface area contributed by atoms with Crippen LogP contribution >= 0.6 is 0 Å². The molecule has 0 spiro atoms. The number of allylic oxidation sites excluding steroid dienone is 2. The van der Waals surface area contributed by atoms with E-state index in [1.807, 2.05) is 0 Å². The van der Waals surface area contributed by atoms with Crippen LogP contribution in [0.2, 0.25) is 0 Å². The minimum atomic E-state index is -6.01. The largest absolute Gasteiger partial charge is 0.431 e. The van der Waals surface area contributed by atoms with Crippen LogP contribution in [0.25, 0.3) is 0 Å². The number of ketones is 1. The maximum Gasteiger partial charge on any atom is 0.431 e. The number of hydrogen-bond acceptors (Lipinski definition) is 1. The Morgan fingerprint density at radius 3 is 2.23 bits per heavy atom. The van der Waals surface area contributed by atoms with Crippen molar-refractivity contribution in [1.29, 1.82) is 0 Å². The topological polar surface area (TPSA) is 17.1 Å². The molecular formula is C27H37F7O. The Hall–Kier alpha value is -1.08. The molecule has 6 atom stereocenters. The summed E-state index contributed by atoms with van der Waals surface area (Å²) < 4.78 is 91.6. The molecular weight excluding hydrogens is 473 g/mol. The number of halogens is 7. The fourth-order valence-electron chi connectivity index (χ4n) is 8.54. The summed E-state index contributed by atoms with van der Waals surface area (Å²) in [6, 6.07) is 0. The number of carbonyl (C=O) groups excluding carboxylic acids is 1. The van der Waals surface area contributed by atoms with Gasteiger partial charge in [-0.25, -0.2) is 4.39 Å². The van der Waals surface area contributed by atoms with E-state index in [-0.39, 0.29) is 35.9 Å². The first-order valence-electron chi connectivity index (χ1n) is 13.2. The fraction of sp³-hybridized carbons (Fsp3) is 0.889. The minimum absolute atomic E-state index is 0.0250. The minimum Gasteiger partial charge on any atom is -0.295 e. The molecule has 3 fully saturated rings. The summed E-state index contributed by atoms with van der Waals surface area (Å²) in [5.74, 6) is 0.775. The Labute approximate surface area is 203 Å². The molecule has 0 heterocycles. The van der Waals surface area contributed by atoms with Crippen LogP contribution in [-0.2, 0) is 4.79 Å². The fourth-order valence-corrected chi connectivity index (χ4v) is 8.54. The van der Waals surface area contributed by atoms with Crippen LogP contribution < -0.4 is 0 Å². The average molecular weight is 511 g/mol. The number of Topliss-reactive ketones (excluding diaryl/α,β-unsaturated/α-hetero) is 1. The number of hydrogen-bond donors (Lipinski definition) is 0. The molecule has 0 bridgehead atoms. The van der Waals surface area contributed by atoms with E-state index in [2.05, 4.69) is 13.8 Å². The van der Waals surface area contributed by atoms with Gasteiger partial charge in [-0.2, -0.15) is 26.3 Å². The third-order valence-corrected chi connectivity index (χ3v) is 10.5. The Morgan fingerprint density at radius 1 is 0.943 bits per heavy atom. The first-order chi connectivity index (χ1) is 16.1. The number of alkyl halides is 7. The van der Waals surface area contributed by atoms with Crippen LogP contribution in [0.4, 0.5) is 30.7 Å². The van der Waals surface area contributed by atoms with Gasteiger partial charge in [-0.05, 0) is 85.9 Å². The van der Waals surface area contributed by atoms with Crippen molar-refractivity contribution in [2.24, 2.45) is 34.5 Å². The molecule has 0 N–H and O–H groups in total. The van der Waals surface area contributed by atoms with Crippen LogP contribution in [0.5, 0.6) is 0 Å². The lowest BCUT2D eigenvalue weighted by molar-refractivity contribution is -0.343. The van der Waals surface area contributed by atoms with E-state index in [4.69, 9.17) is 0 Å². The van der Waals surface area contributed by atoms with E-state index in [1.165, 1.54) is 31.3 Å². The highest BCUT2D eigenvalue weighted by Gasteiger charge is 2.71. The van der Waals surface area contributed by atoms with Crippen LogP contribution in [-0.4, -0.2) is 23.8 Å². The summed E-state index contributed by atoms with van der Waals surface area (Å²) in [5.41, 5.74) is -3.18. The number of carbonyl (C=O) groups is 1. The van der Waals surface area contributed by atoms with Gasteiger partial charge in [0.15, 0.2) is 5.78 Å². The molecule has 4 rings (SSSR count). The van der Waals surface area contributed by atoms with Gasteiger partial charge in [0.1, 0.15) is 0 Å². The molecule has 200 valence electrons. The van der Waals surface area contributed by atoms with Crippen molar-refractivity contribution in [2.75, 3.05) is 0 Å². The van der Waals surface area contributed by atoms with E-state index >= 15 is 0 Å². The van der Waals surface area contributed by atoms with Crippen molar-refractivity contribution in [3.63, 3.8) is 0 Å². The smallest absolute Gasteiger partial charge is 0.295 e. The lowest BCUT2D eigenvalue weighted by atomic mass is 9.49. The third-order valence-electron chi connectivity index (χ3n) is 10.5. The second kappa shape index (κ2) is 8.75. The van der Waals surface area contributed by atoms with Gasteiger partial charge in [0, 0.05) is 12.0 Å². The summed E-state index contributed by atoms with van der Waals surface area (Å²) >= 11 is 0. The molecule has 4 aliphatic carbocycles. The van der Waals surface area contributed by atoms with Gasteiger partial charge in [-0.15, -0.1) is 0 Å². The summed E-state index contributed by atoms with van der Waals surface area (Å²) in [6.45, 7) is 6.25. The summed E-state index contributed by atoms with van der Waals surface area (Å²) in [6.07, 6.45) is -5.19. The van der Waals surface area contributed by atoms with Crippen LogP contribution in [0.1, 0.15) is 97.8 Å². The second-order valence-corrected chi connectivity index (χ2v) is 12.3. The van der Waals surface area contributed by atoms with Crippen molar-refractivity contribution in [2.45, 2.75) is 116 Å². The molecule has 3 saturated carbocycles. The molecule has 0 aromatic heterocycles. The van der Waals surface area contributed by atoms with Crippen molar-refractivity contribution >= 4 is 5.78 Å². The summed E-state index contributed by atoms with van der Waals surface area (Å²) in [7, 11) is 0. The Kier molecular flexibility index (Phi) is 6.74. The number of rotatable bonds is 5. The maximum absolute atomic E-state index is 14.1. The summed E-state index contributed by atoms with van der Waals surface area (Å²) in [4.78, 5) is 13.3. The van der Waals surface area contributed by atoms with Crippen LogP contribution in [0.3, 0.4) is 0 Å². The van der Waals surface area contributed by atoms with E-state index < -0.39 is 36.3 Å². The van der Waals surface area contributed by atoms with Gasteiger partial charge in [0.25, 0.3) is 5.67 Å². The number of fused-ring (bicyclic) bond motifs is 4. The quantitative estimate of drug-likeness (QED) is 0.338. The molecule has 0 aromatic carbocycles. The Balaban J connectivity index is 1.52. The van der Waals surface area contributed by atoms with Crippen molar-refractivity contribution in [3.8, 4) is 0 Å². The highest BCUT2D eigenvalue weighted by molar-refractivity contribution is 6.00. The molecule has 4 aliphatic rings. The van der Waals surface area contributed by atoms with Crippen molar-refractivity contribution < 1.29 is 35.5 Å². The molecule has 35 heavy (non-hydrogen) atoms. The monoisotopic (exact) mass is 510 g/mol. The zero-order valence-electron chi connectivity index (χ0n) is 20.8. The van der Waals surface area contributed by atoms with Gasteiger partial charge >= 0.3 is 12.4 Å². The maximum atomic E-state index is 14.1. The van der Waals surface area contributed by atoms with Gasteiger partial charge in [-0.3, -0.25) is 4.79 Å². The summed E-state index contributed by atoms with van der Waals surface area (Å²) in [5, 5.41) is 0. The van der Waals surface area contributed by atoms with Crippen LogP contribution in [0.15, 0.2) is 11.1 Å². The van der Waals surface area contributed by atoms with Crippen molar-refractivity contribution in [3.05, 3.63) is 11.1 Å². The molecule has 8 heteroatoms. The zero-order valence-corrected chi connectivity index (χ0v) is 20.8. The molecule has 0 unspecified atom stereocenters. The molecule has 0 saturated heterocycles. The molecule has 0 aromatic rings. The predicted octanol–water partition coefficient (Wildman–Crippen LogP) is 8.92.